The van der Waals surface area contributed by atoms with Gasteiger partial charge in [0.15, 0.2) is 17.2 Å². The molecule has 0 aromatic heterocycles. The third kappa shape index (κ3) is 3.57. The zero-order valence-corrected chi connectivity index (χ0v) is 13.1. The average Bonchev–Trinajstić information content (AvgIpc) is 3.05. The van der Waals surface area contributed by atoms with Gasteiger partial charge in [-0.25, -0.2) is 9.18 Å². The van der Waals surface area contributed by atoms with Gasteiger partial charge in [-0.15, -0.1) is 0 Å². The largest absolute Gasteiger partial charge is 0.478 e. The lowest BCUT2D eigenvalue weighted by Crippen LogP contribution is -2.31. The van der Waals surface area contributed by atoms with E-state index < -0.39 is 17.4 Å². The molecule has 2 aromatic carbocycles. The van der Waals surface area contributed by atoms with Crippen molar-refractivity contribution in [2.75, 3.05) is 0 Å². The second kappa shape index (κ2) is 6.76. The fraction of sp³-hybridized carbons (Fsp3) is 0.250. The van der Waals surface area contributed by atoms with Crippen LogP contribution in [0.3, 0.4) is 0 Å². The minimum absolute atomic E-state index is 0.00411. The number of rotatable bonds is 3. The molecule has 0 bridgehead atoms. The zero-order valence-electron chi connectivity index (χ0n) is 13.1. The Morgan fingerprint density at radius 3 is 2.50 bits per heavy atom. The van der Waals surface area contributed by atoms with Gasteiger partial charge < -0.3 is 9.84 Å². The number of aromatic carboxylic acids is 1. The molecule has 0 spiro atoms. The molecule has 122 valence electrons. The molecular weight excluding hydrogens is 307 g/mol. The number of halogens is 1. The number of ether oxygens (including phenoxy) is 1. The van der Waals surface area contributed by atoms with Gasteiger partial charge >= 0.3 is 5.97 Å². The van der Waals surface area contributed by atoms with Gasteiger partial charge in [0, 0.05) is 5.56 Å². The van der Waals surface area contributed by atoms with E-state index in [0.29, 0.717) is 12.8 Å². The van der Waals surface area contributed by atoms with Crippen molar-refractivity contribution in [3.05, 3.63) is 65.5 Å². The standard InChI is InChI=1S/C20H17FO3/c21-17-9-8-16(19(22)23)14-18(17)24-20(11-4-5-12-20)13-10-15-6-2-1-3-7-15/h1-3,6-9,14H,4-5,11-12H2,(H,22,23). The first-order valence-corrected chi connectivity index (χ1v) is 7.88. The third-order valence-electron chi connectivity index (χ3n) is 4.10. The van der Waals surface area contributed by atoms with E-state index in [0.717, 1.165) is 24.5 Å². The van der Waals surface area contributed by atoms with Crippen LogP contribution in [-0.2, 0) is 0 Å². The Morgan fingerprint density at radius 1 is 1.12 bits per heavy atom. The van der Waals surface area contributed by atoms with Gasteiger partial charge in [-0.05, 0) is 56.0 Å². The van der Waals surface area contributed by atoms with Crippen molar-refractivity contribution < 1.29 is 19.0 Å². The molecule has 1 aliphatic carbocycles. The van der Waals surface area contributed by atoms with E-state index in [4.69, 9.17) is 9.84 Å². The molecule has 1 fully saturated rings. The maximum atomic E-state index is 14.1. The summed E-state index contributed by atoms with van der Waals surface area (Å²) in [5.74, 6) is 4.49. The molecule has 2 aromatic rings. The van der Waals surface area contributed by atoms with Crippen molar-refractivity contribution in [1.82, 2.24) is 0 Å². The van der Waals surface area contributed by atoms with Gasteiger partial charge in [0.05, 0.1) is 5.56 Å². The van der Waals surface area contributed by atoms with Crippen LogP contribution in [0.2, 0.25) is 0 Å². The quantitative estimate of drug-likeness (QED) is 0.858. The normalized spacial score (nSPS) is 15.4. The second-order valence-electron chi connectivity index (χ2n) is 5.87. The van der Waals surface area contributed by atoms with Crippen LogP contribution in [0.1, 0.15) is 41.6 Å². The third-order valence-corrected chi connectivity index (χ3v) is 4.10. The summed E-state index contributed by atoms with van der Waals surface area (Å²) < 4.78 is 19.9. The first-order chi connectivity index (χ1) is 11.6. The molecule has 1 saturated carbocycles. The van der Waals surface area contributed by atoms with Crippen molar-refractivity contribution >= 4 is 5.97 Å². The molecule has 0 radical (unpaired) electrons. The number of hydrogen-bond acceptors (Lipinski definition) is 2. The van der Waals surface area contributed by atoms with Gasteiger partial charge in [0.2, 0.25) is 0 Å². The Bertz CT molecular complexity index is 797. The molecule has 0 heterocycles. The van der Waals surface area contributed by atoms with E-state index in [1.807, 2.05) is 30.3 Å². The van der Waals surface area contributed by atoms with E-state index in [2.05, 4.69) is 11.8 Å². The molecule has 0 saturated heterocycles. The van der Waals surface area contributed by atoms with E-state index in [1.165, 1.54) is 12.1 Å². The molecule has 24 heavy (non-hydrogen) atoms. The van der Waals surface area contributed by atoms with Crippen molar-refractivity contribution in [3.8, 4) is 17.6 Å². The fourth-order valence-corrected chi connectivity index (χ4v) is 2.83. The van der Waals surface area contributed by atoms with Crippen LogP contribution in [0, 0.1) is 17.7 Å². The highest BCUT2D eigenvalue weighted by atomic mass is 19.1. The Balaban J connectivity index is 1.91. The summed E-state index contributed by atoms with van der Waals surface area (Å²) in [6.45, 7) is 0. The summed E-state index contributed by atoms with van der Waals surface area (Å²) in [6.07, 6.45) is 3.29. The van der Waals surface area contributed by atoms with Crippen molar-refractivity contribution in [2.45, 2.75) is 31.3 Å². The minimum Gasteiger partial charge on any atom is -0.478 e. The van der Waals surface area contributed by atoms with Gasteiger partial charge in [0.1, 0.15) is 0 Å². The second-order valence-corrected chi connectivity index (χ2v) is 5.87. The molecule has 1 N–H and O–H groups in total. The monoisotopic (exact) mass is 324 g/mol. The first kappa shape index (κ1) is 16.1. The van der Waals surface area contributed by atoms with Crippen LogP contribution < -0.4 is 4.74 Å². The summed E-state index contributed by atoms with van der Waals surface area (Å²) in [6, 6.07) is 13.1. The van der Waals surface area contributed by atoms with Gasteiger partial charge in [0.25, 0.3) is 0 Å². The number of benzene rings is 2. The lowest BCUT2D eigenvalue weighted by Gasteiger charge is -2.25. The van der Waals surface area contributed by atoms with E-state index in [1.54, 1.807) is 0 Å². The van der Waals surface area contributed by atoms with Crippen LogP contribution in [0.4, 0.5) is 4.39 Å². The highest BCUT2D eigenvalue weighted by Gasteiger charge is 2.35. The molecule has 0 amide bonds. The summed E-state index contributed by atoms with van der Waals surface area (Å²) >= 11 is 0. The summed E-state index contributed by atoms with van der Waals surface area (Å²) in [7, 11) is 0. The minimum atomic E-state index is -1.12. The molecule has 0 unspecified atom stereocenters. The Hall–Kier alpha value is -2.80. The number of carboxylic acid groups (broad SMARTS) is 1. The number of hydrogen-bond donors (Lipinski definition) is 1. The van der Waals surface area contributed by atoms with E-state index in [9.17, 15) is 9.18 Å². The number of carboxylic acids is 1. The molecule has 4 heteroatoms. The Labute approximate surface area is 140 Å². The SMILES string of the molecule is O=C(O)c1ccc(F)c(OC2(C#Cc3ccccc3)CCCC2)c1. The van der Waals surface area contributed by atoms with Crippen LogP contribution >= 0.6 is 0 Å². The highest BCUT2D eigenvalue weighted by Crippen LogP contribution is 2.35. The molecule has 3 rings (SSSR count). The molecule has 0 atom stereocenters. The lowest BCUT2D eigenvalue weighted by atomic mass is 10.0. The molecule has 3 nitrogen and oxygen atoms in total. The van der Waals surface area contributed by atoms with Crippen molar-refractivity contribution in [3.63, 3.8) is 0 Å². The average molecular weight is 324 g/mol. The van der Waals surface area contributed by atoms with Gasteiger partial charge in [-0.1, -0.05) is 30.0 Å². The molecule has 1 aliphatic rings. The lowest BCUT2D eigenvalue weighted by molar-refractivity contribution is 0.0694. The Morgan fingerprint density at radius 2 is 1.83 bits per heavy atom. The Kier molecular flexibility index (Phi) is 4.52. The fourth-order valence-electron chi connectivity index (χ4n) is 2.83. The first-order valence-electron chi connectivity index (χ1n) is 7.88. The van der Waals surface area contributed by atoms with Crippen LogP contribution in [0.25, 0.3) is 0 Å². The van der Waals surface area contributed by atoms with Crippen molar-refractivity contribution in [1.29, 1.82) is 0 Å². The molecule has 0 aliphatic heterocycles. The smallest absolute Gasteiger partial charge is 0.335 e. The van der Waals surface area contributed by atoms with Crippen LogP contribution in [0.15, 0.2) is 48.5 Å². The summed E-state index contributed by atoms with van der Waals surface area (Å²) in [5.41, 5.74) is 0.0936. The van der Waals surface area contributed by atoms with Gasteiger partial charge in [-0.2, -0.15) is 0 Å². The maximum Gasteiger partial charge on any atom is 0.335 e. The molecular formula is C20H17FO3. The van der Waals surface area contributed by atoms with Crippen LogP contribution in [0.5, 0.6) is 5.75 Å². The van der Waals surface area contributed by atoms with E-state index in [-0.39, 0.29) is 11.3 Å². The number of carbonyl (C=O) groups is 1. The predicted molar refractivity (Wildman–Crippen MR) is 88.5 cm³/mol. The zero-order chi connectivity index (χ0) is 17.0. The van der Waals surface area contributed by atoms with Crippen LogP contribution in [-0.4, -0.2) is 16.7 Å². The maximum absolute atomic E-state index is 14.1. The van der Waals surface area contributed by atoms with Crippen molar-refractivity contribution in [2.24, 2.45) is 0 Å². The predicted octanol–water partition coefficient (Wildman–Crippen LogP) is 4.27. The summed E-state index contributed by atoms with van der Waals surface area (Å²) in [5, 5.41) is 9.07. The van der Waals surface area contributed by atoms with E-state index >= 15 is 0 Å². The highest BCUT2D eigenvalue weighted by molar-refractivity contribution is 5.88. The van der Waals surface area contributed by atoms with Gasteiger partial charge in [-0.3, -0.25) is 0 Å². The topological polar surface area (TPSA) is 46.5 Å². The summed E-state index contributed by atoms with van der Waals surface area (Å²) in [4.78, 5) is 11.1.